The molecule has 0 saturated carbocycles. The van der Waals surface area contributed by atoms with E-state index >= 15 is 0 Å². The first kappa shape index (κ1) is 12.3. The van der Waals surface area contributed by atoms with Crippen LogP contribution in [0, 0.1) is 6.92 Å². The van der Waals surface area contributed by atoms with Crippen molar-refractivity contribution < 1.29 is 14.7 Å². The molecule has 2 rings (SSSR count). The number of carboxylic acids is 1. The number of aryl methyl sites for hydroxylation is 1. The molecule has 0 radical (unpaired) electrons. The monoisotopic (exact) mass is 262 g/mol. The van der Waals surface area contributed by atoms with E-state index in [-0.39, 0.29) is 5.13 Å². The van der Waals surface area contributed by atoms with E-state index in [1.807, 2.05) is 31.2 Å². The number of carbonyl (C=O) groups excluding carboxylic acids is 1. The van der Waals surface area contributed by atoms with E-state index in [0.717, 1.165) is 11.1 Å². The molecule has 6 heteroatoms. The van der Waals surface area contributed by atoms with Gasteiger partial charge in [0.25, 0.3) is 0 Å². The molecule has 0 aliphatic rings. The van der Waals surface area contributed by atoms with Gasteiger partial charge in [-0.15, -0.1) is 11.3 Å². The van der Waals surface area contributed by atoms with Gasteiger partial charge in [-0.25, -0.2) is 9.78 Å². The first-order valence-electron chi connectivity index (χ1n) is 5.13. The summed E-state index contributed by atoms with van der Waals surface area (Å²) in [6.45, 7) is 1.99. The van der Waals surface area contributed by atoms with Gasteiger partial charge < -0.3 is 5.11 Å². The number of nitrogens with one attached hydrogen (secondary N) is 1. The molecule has 5 nitrogen and oxygen atoms in total. The van der Waals surface area contributed by atoms with Crippen LogP contribution >= 0.6 is 11.3 Å². The van der Waals surface area contributed by atoms with Crippen LogP contribution < -0.4 is 5.32 Å². The summed E-state index contributed by atoms with van der Waals surface area (Å²) in [4.78, 5) is 25.5. The number of amides is 1. The molecule has 0 aliphatic carbocycles. The summed E-state index contributed by atoms with van der Waals surface area (Å²) in [7, 11) is 0. The van der Waals surface area contributed by atoms with Crippen LogP contribution in [0.5, 0.6) is 0 Å². The summed E-state index contributed by atoms with van der Waals surface area (Å²) in [5.74, 6) is -2.61. The lowest BCUT2D eigenvalue weighted by Gasteiger charge is -1.97. The van der Waals surface area contributed by atoms with Crippen molar-refractivity contribution in [2.75, 3.05) is 5.32 Å². The molecular formula is C12H10N2O3S. The topological polar surface area (TPSA) is 79.3 Å². The van der Waals surface area contributed by atoms with Crippen molar-refractivity contribution in [1.29, 1.82) is 0 Å². The van der Waals surface area contributed by atoms with Gasteiger partial charge in [-0.1, -0.05) is 29.8 Å². The lowest BCUT2D eigenvalue weighted by Crippen LogP contribution is -2.21. The zero-order chi connectivity index (χ0) is 13.1. The molecule has 0 saturated heterocycles. The van der Waals surface area contributed by atoms with E-state index in [9.17, 15) is 9.59 Å². The Morgan fingerprint density at radius 3 is 2.56 bits per heavy atom. The number of aromatic nitrogens is 1. The second kappa shape index (κ2) is 4.97. The smallest absolute Gasteiger partial charge is 0.394 e. The van der Waals surface area contributed by atoms with Crippen molar-refractivity contribution in [1.82, 2.24) is 4.98 Å². The highest BCUT2D eigenvalue weighted by molar-refractivity contribution is 7.14. The van der Waals surface area contributed by atoms with Crippen molar-refractivity contribution in [2.45, 2.75) is 6.92 Å². The third-order valence-electron chi connectivity index (χ3n) is 2.27. The Hall–Kier alpha value is -2.21. The number of thiazole rings is 1. The zero-order valence-electron chi connectivity index (χ0n) is 9.51. The number of anilines is 1. The average molecular weight is 262 g/mol. The van der Waals surface area contributed by atoms with Gasteiger partial charge in [-0.05, 0) is 6.92 Å². The van der Waals surface area contributed by atoms with Gasteiger partial charge in [0.2, 0.25) is 0 Å². The molecule has 1 heterocycles. The molecule has 92 valence electrons. The van der Waals surface area contributed by atoms with E-state index in [4.69, 9.17) is 5.11 Å². The van der Waals surface area contributed by atoms with E-state index in [1.165, 1.54) is 11.3 Å². The molecule has 1 aromatic carbocycles. The SMILES string of the molecule is Cc1ccc(-c2csc(NC(=O)C(=O)O)n2)cc1. The Balaban J connectivity index is 2.18. The number of aliphatic carboxylic acids is 1. The van der Waals surface area contributed by atoms with Crippen LogP contribution in [0.3, 0.4) is 0 Å². The number of benzene rings is 1. The lowest BCUT2D eigenvalue weighted by atomic mass is 10.1. The summed E-state index contributed by atoms with van der Waals surface area (Å²) in [5, 5.41) is 12.7. The van der Waals surface area contributed by atoms with Gasteiger partial charge in [0.05, 0.1) is 5.69 Å². The Kier molecular flexibility index (Phi) is 3.38. The zero-order valence-corrected chi connectivity index (χ0v) is 10.3. The highest BCUT2D eigenvalue weighted by Gasteiger charge is 2.13. The van der Waals surface area contributed by atoms with Crippen molar-refractivity contribution in [2.24, 2.45) is 0 Å². The Bertz CT molecular complexity index is 590. The van der Waals surface area contributed by atoms with Crippen molar-refractivity contribution in [3.8, 4) is 11.3 Å². The van der Waals surface area contributed by atoms with Crippen LogP contribution in [0.25, 0.3) is 11.3 Å². The maximum atomic E-state index is 11.0. The number of hydrogen-bond acceptors (Lipinski definition) is 4. The summed E-state index contributed by atoms with van der Waals surface area (Å²) >= 11 is 1.19. The Morgan fingerprint density at radius 2 is 1.94 bits per heavy atom. The van der Waals surface area contributed by atoms with Gasteiger partial charge >= 0.3 is 11.9 Å². The summed E-state index contributed by atoms with van der Waals surface area (Å²) in [6.07, 6.45) is 0. The Labute approximate surface area is 107 Å². The number of nitrogens with zero attached hydrogens (tertiary/aromatic N) is 1. The van der Waals surface area contributed by atoms with Crippen LogP contribution in [-0.4, -0.2) is 22.0 Å². The van der Waals surface area contributed by atoms with E-state index in [1.54, 1.807) is 5.38 Å². The molecule has 1 aromatic heterocycles. The standard InChI is InChI=1S/C12H10N2O3S/c1-7-2-4-8(5-3-7)9-6-18-12(13-9)14-10(15)11(16)17/h2-6H,1H3,(H,16,17)(H,13,14,15). The quantitative estimate of drug-likeness (QED) is 0.813. The molecule has 0 atom stereocenters. The van der Waals surface area contributed by atoms with Gasteiger partial charge in [-0.3, -0.25) is 10.1 Å². The fourth-order valence-electron chi connectivity index (χ4n) is 1.34. The van der Waals surface area contributed by atoms with Gasteiger partial charge in [0.1, 0.15) is 0 Å². The van der Waals surface area contributed by atoms with Crippen molar-refractivity contribution in [3.05, 3.63) is 35.2 Å². The maximum absolute atomic E-state index is 11.0. The minimum Gasteiger partial charge on any atom is -0.474 e. The second-order valence-corrected chi connectivity index (χ2v) is 4.52. The fraction of sp³-hybridized carbons (Fsp3) is 0.0833. The maximum Gasteiger partial charge on any atom is 0.394 e. The summed E-state index contributed by atoms with van der Waals surface area (Å²) in [5.41, 5.74) is 2.78. The summed E-state index contributed by atoms with van der Waals surface area (Å²) < 4.78 is 0. The van der Waals surface area contributed by atoms with Crippen LogP contribution in [0.2, 0.25) is 0 Å². The van der Waals surface area contributed by atoms with Crippen LogP contribution in [-0.2, 0) is 9.59 Å². The molecule has 2 N–H and O–H groups in total. The van der Waals surface area contributed by atoms with Crippen molar-refractivity contribution >= 4 is 28.3 Å². The first-order valence-corrected chi connectivity index (χ1v) is 6.01. The molecular weight excluding hydrogens is 252 g/mol. The number of hydrogen-bond donors (Lipinski definition) is 2. The fourth-order valence-corrected chi connectivity index (χ4v) is 2.05. The average Bonchev–Trinajstić information content (AvgIpc) is 2.78. The van der Waals surface area contributed by atoms with Crippen molar-refractivity contribution in [3.63, 3.8) is 0 Å². The highest BCUT2D eigenvalue weighted by atomic mass is 32.1. The summed E-state index contributed by atoms with van der Waals surface area (Å²) in [6, 6.07) is 7.77. The van der Waals surface area contributed by atoms with Gasteiger partial charge in [0.15, 0.2) is 5.13 Å². The molecule has 2 aromatic rings. The molecule has 0 unspecified atom stereocenters. The second-order valence-electron chi connectivity index (χ2n) is 3.66. The molecule has 1 amide bonds. The molecule has 18 heavy (non-hydrogen) atoms. The third kappa shape index (κ3) is 2.72. The molecule has 0 spiro atoms. The molecule has 0 fully saturated rings. The van der Waals surface area contributed by atoms with Gasteiger partial charge in [0, 0.05) is 10.9 Å². The van der Waals surface area contributed by atoms with E-state index in [0.29, 0.717) is 5.69 Å². The Morgan fingerprint density at radius 1 is 1.28 bits per heavy atom. The van der Waals surface area contributed by atoms with Crippen LogP contribution in [0.1, 0.15) is 5.56 Å². The van der Waals surface area contributed by atoms with Gasteiger partial charge in [-0.2, -0.15) is 0 Å². The number of rotatable bonds is 2. The molecule has 0 aliphatic heterocycles. The van der Waals surface area contributed by atoms with Crippen LogP contribution in [0.4, 0.5) is 5.13 Å². The minimum atomic E-state index is -1.53. The number of carboxylic acid groups (broad SMARTS) is 1. The van der Waals surface area contributed by atoms with Crippen LogP contribution in [0.15, 0.2) is 29.6 Å². The first-order chi connectivity index (χ1) is 8.56. The largest absolute Gasteiger partial charge is 0.474 e. The predicted molar refractivity (Wildman–Crippen MR) is 68.6 cm³/mol. The lowest BCUT2D eigenvalue weighted by molar-refractivity contribution is -0.147. The minimum absolute atomic E-state index is 0.276. The third-order valence-corrected chi connectivity index (χ3v) is 3.02. The predicted octanol–water partition coefficient (Wildman–Crippen LogP) is 2.14. The van der Waals surface area contributed by atoms with E-state index < -0.39 is 11.9 Å². The normalized spacial score (nSPS) is 10.1. The highest BCUT2D eigenvalue weighted by Crippen LogP contribution is 2.24. The van der Waals surface area contributed by atoms with E-state index in [2.05, 4.69) is 10.3 Å². The number of carbonyl (C=O) groups is 2. The molecule has 0 bridgehead atoms.